The summed E-state index contributed by atoms with van der Waals surface area (Å²) in [4.78, 5) is 15.2. The number of pyridine rings is 1. The molecule has 108 valence electrons. The second kappa shape index (κ2) is 5.78. The molecule has 0 radical (unpaired) electrons. The van der Waals surface area contributed by atoms with E-state index >= 15 is 0 Å². The largest absolute Gasteiger partial charge is 0.372 e. The van der Waals surface area contributed by atoms with Crippen LogP contribution in [0.2, 0.25) is 0 Å². The molecule has 0 bridgehead atoms. The Balaban J connectivity index is 1.83. The van der Waals surface area contributed by atoms with Crippen LogP contribution in [0.15, 0.2) is 43.1 Å². The number of likely N-dealkylation sites (N-methyl/N-ethyl adjacent to an activating group) is 1. The molecule has 3 rings (SSSR count). The highest BCUT2D eigenvalue weighted by Crippen LogP contribution is 2.19. The average molecular weight is 282 g/mol. The molecule has 0 unspecified atom stereocenters. The summed E-state index contributed by atoms with van der Waals surface area (Å²) in [5.74, 6) is 1.70. The summed E-state index contributed by atoms with van der Waals surface area (Å²) in [7, 11) is 3.91. The Morgan fingerprint density at radius 2 is 2.05 bits per heavy atom. The van der Waals surface area contributed by atoms with Crippen molar-refractivity contribution in [2.24, 2.45) is 0 Å². The number of fused-ring (bicyclic) bond motifs is 1. The van der Waals surface area contributed by atoms with Crippen LogP contribution in [-0.4, -0.2) is 40.0 Å². The van der Waals surface area contributed by atoms with E-state index in [1.165, 1.54) is 5.56 Å². The van der Waals surface area contributed by atoms with Gasteiger partial charge in [-0.2, -0.15) is 0 Å². The van der Waals surface area contributed by atoms with Crippen molar-refractivity contribution < 1.29 is 0 Å². The molecule has 0 atom stereocenters. The Bertz CT molecular complexity index is 721. The van der Waals surface area contributed by atoms with Gasteiger partial charge in [-0.1, -0.05) is 0 Å². The van der Waals surface area contributed by atoms with Crippen molar-refractivity contribution in [3.05, 3.63) is 48.7 Å². The number of nitrogens with one attached hydrogen (secondary N) is 1. The smallest absolute Gasteiger partial charge is 0.180 e. The molecule has 0 aliphatic heterocycles. The van der Waals surface area contributed by atoms with Crippen LogP contribution < -0.4 is 10.2 Å². The zero-order valence-corrected chi connectivity index (χ0v) is 12.2. The first kappa shape index (κ1) is 13.4. The Hall–Kier alpha value is -2.63. The van der Waals surface area contributed by atoms with Gasteiger partial charge in [0.1, 0.15) is 5.82 Å². The number of hydrogen-bond donors (Lipinski definition) is 1. The lowest BCUT2D eigenvalue weighted by Crippen LogP contribution is -2.22. The molecule has 1 N–H and O–H groups in total. The van der Waals surface area contributed by atoms with E-state index in [0.717, 1.165) is 30.2 Å². The standard InChI is InChI=1S/C15H18N6/c1-16-13-11-21-10-8-18-14(21)15(19-13)20(2)9-5-12-3-6-17-7-4-12/h3-4,6-8,10-11,16H,5,9H2,1-2H3. The third-order valence-corrected chi connectivity index (χ3v) is 3.46. The lowest BCUT2D eigenvalue weighted by molar-refractivity contribution is 0.856. The van der Waals surface area contributed by atoms with Crippen LogP contribution in [0.3, 0.4) is 0 Å². The van der Waals surface area contributed by atoms with Crippen molar-refractivity contribution in [3.8, 4) is 0 Å². The quantitative estimate of drug-likeness (QED) is 0.774. The molecule has 6 heteroatoms. The molecule has 0 aromatic carbocycles. The topological polar surface area (TPSA) is 58.4 Å². The highest BCUT2D eigenvalue weighted by atomic mass is 15.2. The van der Waals surface area contributed by atoms with E-state index in [4.69, 9.17) is 0 Å². The van der Waals surface area contributed by atoms with Gasteiger partial charge in [0.2, 0.25) is 0 Å². The van der Waals surface area contributed by atoms with Gasteiger partial charge in [0, 0.05) is 45.4 Å². The average Bonchev–Trinajstić information content (AvgIpc) is 3.01. The number of anilines is 2. The summed E-state index contributed by atoms with van der Waals surface area (Å²) in [6.45, 7) is 0.868. The fourth-order valence-electron chi connectivity index (χ4n) is 2.24. The fourth-order valence-corrected chi connectivity index (χ4v) is 2.24. The van der Waals surface area contributed by atoms with Crippen LogP contribution in [0, 0.1) is 0 Å². The van der Waals surface area contributed by atoms with Gasteiger partial charge < -0.3 is 14.6 Å². The minimum absolute atomic E-state index is 0.825. The van der Waals surface area contributed by atoms with Crippen LogP contribution in [0.4, 0.5) is 11.6 Å². The third kappa shape index (κ3) is 2.79. The highest BCUT2D eigenvalue weighted by molar-refractivity contribution is 5.66. The van der Waals surface area contributed by atoms with Gasteiger partial charge in [-0.3, -0.25) is 4.98 Å². The van der Waals surface area contributed by atoms with Crippen molar-refractivity contribution in [1.29, 1.82) is 0 Å². The molecular formula is C15H18N6. The van der Waals surface area contributed by atoms with Gasteiger partial charge in [-0.15, -0.1) is 0 Å². The Morgan fingerprint density at radius 1 is 1.24 bits per heavy atom. The van der Waals surface area contributed by atoms with E-state index in [1.54, 1.807) is 6.20 Å². The van der Waals surface area contributed by atoms with Gasteiger partial charge in [0.25, 0.3) is 0 Å². The molecule has 0 fully saturated rings. The maximum Gasteiger partial charge on any atom is 0.180 e. The highest BCUT2D eigenvalue weighted by Gasteiger charge is 2.11. The van der Waals surface area contributed by atoms with Gasteiger partial charge in [0.15, 0.2) is 11.5 Å². The molecule has 3 aromatic rings. The molecule has 0 aliphatic carbocycles. The first-order valence-electron chi connectivity index (χ1n) is 6.89. The van der Waals surface area contributed by atoms with Crippen LogP contribution in [0.5, 0.6) is 0 Å². The molecule has 6 nitrogen and oxygen atoms in total. The summed E-state index contributed by atoms with van der Waals surface area (Å²) >= 11 is 0. The molecule has 21 heavy (non-hydrogen) atoms. The second-order valence-corrected chi connectivity index (χ2v) is 4.88. The molecule has 0 amide bonds. The minimum Gasteiger partial charge on any atom is -0.372 e. The molecule has 3 heterocycles. The Labute approximate surface area is 123 Å². The monoisotopic (exact) mass is 282 g/mol. The predicted octanol–water partition coefficient (Wildman–Crippen LogP) is 1.84. The number of rotatable bonds is 5. The van der Waals surface area contributed by atoms with Crippen molar-refractivity contribution >= 4 is 17.3 Å². The van der Waals surface area contributed by atoms with Crippen LogP contribution in [-0.2, 0) is 6.42 Å². The number of nitrogens with zero attached hydrogens (tertiary/aromatic N) is 5. The van der Waals surface area contributed by atoms with Gasteiger partial charge in [-0.25, -0.2) is 9.97 Å². The van der Waals surface area contributed by atoms with E-state index in [2.05, 4.69) is 25.2 Å². The van der Waals surface area contributed by atoms with Crippen molar-refractivity contribution in [2.75, 3.05) is 30.9 Å². The van der Waals surface area contributed by atoms with Crippen LogP contribution in [0.25, 0.3) is 5.65 Å². The van der Waals surface area contributed by atoms with Crippen LogP contribution >= 0.6 is 0 Å². The minimum atomic E-state index is 0.825. The lowest BCUT2D eigenvalue weighted by Gasteiger charge is -2.19. The van der Waals surface area contributed by atoms with Crippen molar-refractivity contribution in [3.63, 3.8) is 0 Å². The molecule has 0 spiro atoms. The SMILES string of the molecule is CNc1cn2ccnc2c(N(C)CCc2ccncc2)n1. The number of aromatic nitrogens is 4. The normalized spacial score (nSPS) is 10.8. The Morgan fingerprint density at radius 3 is 2.81 bits per heavy atom. The second-order valence-electron chi connectivity index (χ2n) is 4.88. The summed E-state index contributed by atoms with van der Waals surface area (Å²) < 4.78 is 1.98. The van der Waals surface area contributed by atoms with E-state index < -0.39 is 0 Å². The maximum absolute atomic E-state index is 4.62. The number of imidazole rings is 1. The van der Waals surface area contributed by atoms with E-state index in [0.29, 0.717) is 0 Å². The fraction of sp³-hybridized carbons (Fsp3) is 0.267. The van der Waals surface area contributed by atoms with Crippen molar-refractivity contribution in [2.45, 2.75) is 6.42 Å². The summed E-state index contributed by atoms with van der Waals surface area (Å²) in [6, 6.07) is 4.08. The van der Waals surface area contributed by atoms with Gasteiger partial charge in [0.05, 0.1) is 6.20 Å². The summed E-state index contributed by atoms with van der Waals surface area (Å²) in [5, 5.41) is 3.08. The van der Waals surface area contributed by atoms with E-state index in [-0.39, 0.29) is 0 Å². The summed E-state index contributed by atoms with van der Waals surface area (Å²) in [6.07, 6.45) is 10.2. The zero-order chi connectivity index (χ0) is 14.7. The maximum atomic E-state index is 4.62. The lowest BCUT2D eigenvalue weighted by atomic mass is 10.2. The summed E-state index contributed by atoms with van der Waals surface area (Å²) in [5.41, 5.74) is 2.13. The van der Waals surface area contributed by atoms with Crippen LogP contribution in [0.1, 0.15) is 5.56 Å². The van der Waals surface area contributed by atoms with E-state index in [9.17, 15) is 0 Å². The first-order valence-corrected chi connectivity index (χ1v) is 6.89. The Kier molecular flexibility index (Phi) is 3.68. The predicted molar refractivity (Wildman–Crippen MR) is 83.7 cm³/mol. The molecule has 0 saturated heterocycles. The van der Waals surface area contributed by atoms with Crippen molar-refractivity contribution in [1.82, 2.24) is 19.4 Å². The number of hydrogen-bond acceptors (Lipinski definition) is 5. The third-order valence-electron chi connectivity index (χ3n) is 3.46. The molecule has 0 aliphatic rings. The van der Waals surface area contributed by atoms with Gasteiger partial charge >= 0.3 is 0 Å². The van der Waals surface area contributed by atoms with E-state index in [1.807, 2.05) is 55.4 Å². The zero-order valence-electron chi connectivity index (χ0n) is 12.2. The van der Waals surface area contributed by atoms with Gasteiger partial charge in [-0.05, 0) is 24.1 Å². The molecule has 0 saturated carbocycles. The molecule has 3 aromatic heterocycles. The first-order chi connectivity index (χ1) is 10.3. The molecular weight excluding hydrogens is 264 g/mol.